The van der Waals surface area contributed by atoms with Gasteiger partial charge in [0.1, 0.15) is 4.99 Å². The van der Waals surface area contributed by atoms with Gasteiger partial charge in [-0.2, -0.15) is 0 Å². The summed E-state index contributed by atoms with van der Waals surface area (Å²) in [6, 6.07) is 7.53. The molecule has 0 fully saturated rings. The second kappa shape index (κ2) is 7.79. The third-order valence-electron chi connectivity index (χ3n) is 2.48. The maximum Gasteiger partial charge on any atom is 0.220 e. The highest BCUT2D eigenvalue weighted by atomic mass is 32.1. The van der Waals surface area contributed by atoms with Gasteiger partial charge in [-0.15, -0.1) is 0 Å². The summed E-state index contributed by atoms with van der Waals surface area (Å²) in [7, 11) is 1.63. The number of carbonyl (C=O) groups excluding carboxylic acids is 1. The zero-order valence-electron chi connectivity index (χ0n) is 10.4. The van der Waals surface area contributed by atoms with Crippen LogP contribution in [0, 0.1) is 0 Å². The Bertz CT molecular complexity index is 404. The fourth-order valence-corrected chi connectivity index (χ4v) is 1.59. The topological polar surface area (TPSA) is 64.3 Å². The first kappa shape index (κ1) is 14.6. The van der Waals surface area contributed by atoms with Crippen LogP contribution in [0.4, 0.5) is 0 Å². The van der Waals surface area contributed by atoms with E-state index in [9.17, 15) is 4.79 Å². The monoisotopic (exact) mass is 266 g/mol. The van der Waals surface area contributed by atoms with Crippen molar-refractivity contribution >= 4 is 23.1 Å². The number of nitrogens with one attached hydrogen (secondary N) is 1. The van der Waals surface area contributed by atoms with E-state index in [1.807, 2.05) is 24.3 Å². The second-order valence-corrected chi connectivity index (χ2v) is 4.37. The van der Waals surface area contributed by atoms with E-state index in [-0.39, 0.29) is 5.91 Å². The Morgan fingerprint density at radius 1 is 1.39 bits per heavy atom. The van der Waals surface area contributed by atoms with Crippen LogP contribution in [0.2, 0.25) is 0 Å². The molecule has 3 N–H and O–H groups in total. The van der Waals surface area contributed by atoms with Crippen LogP contribution in [0.15, 0.2) is 24.3 Å². The number of rotatable bonds is 7. The second-order valence-electron chi connectivity index (χ2n) is 3.93. The lowest BCUT2D eigenvalue weighted by molar-refractivity contribution is -0.121. The van der Waals surface area contributed by atoms with Crippen LogP contribution >= 0.6 is 12.2 Å². The third kappa shape index (κ3) is 5.25. The highest BCUT2D eigenvalue weighted by Gasteiger charge is 2.01. The van der Waals surface area contributed by atoms with Crippen molar-refractivity contribution in [2.45, 2.75) is 19.4 Å². The van der Waals surface area contributed by atoms with E-state index in [4.69, 9.17) is 22.7 Å². The smallest absolute Gasteiger partial charge is 0.220 e. The number of methoxy groups -OCH3 is 1. The number of benzene rings is 1. The maximum atomic E-state index is 11.5. The summed E-state index contributed by atoms with van der Waals surface area (Å²) >= 11 is 4.87. The van der Waals surface area contributed by atoms with Crippen LogP contribution in [0.25, 0.3) is 0 Å². The van der Waals surface area contributed by atoms with Gasteiger partial charge in [-0.3, -0.25) is 4.79 Å². The number of hydrogen-bond acceptors (Lipinski definition) is 3. The zero-order chi connectivity index (χ0) is 13.4. The molecule has 4 nitrogen and oxygen atoms in total. The number of nitrogens with two attached hydrogens (primary N) is 1. The van der Waals surface area contributed by atoms with Crippen LogP contribution < -0.4 is 11.1 Å². The van der Waals surface area contributed by atoms with Crippen molar-refractivity contribution in [2.75, 3.05) is 13.7 Å². The molecule has 1 rings (SSSR count). The normalized spacial score (nSPS) is 10.1. The molecular weight excluding hydrogens is 248 g/mol. The summed E-state index contributed by atoms with van der Waals surface area (Å²) in [5, 5.41) is 2.85. The first-order chi connectivity index (χ1) is 8.63. The van der Waals surface area contributed by atoms with Gasteiger partial charge in [0.25, 0.3) is 0 Å². The lowest BCUT2D eigenvalue weighted by atomic mass is 10.1. The number of amides is 1. The fraction of sp³-hybridized carbons (Fsp3) is 0.385. The molecule has 0 spiro atoms. The molecular formula is C13H18N2O2S. The average molecular weight is 266 g/mol. The zero-order valence-corrected chi connectivity index (χ0v) is 11.3. The molecule has 0 aliphatic rings. The van der Waals surface area contributed by atoms with E-state index >= 15 is 0 Å². The summed E-state index contributed by atoms with van der Waals surface area (Å²) in [5.74, 6) is 0.0328. The summed E-state index contributed by atoms with van der Waals surface area (Å²) < 4.78 is 4.89. The minimum absolute atomic E-state index is 0.0328. The van der Waals surface area contributed by atoms with Crippen molar-refractivity contribution in [3.05, 3.63) is 35.4 Å². The molecule has 0 radical (unpaired) electrons. The van der Waals surface area contributed by atoms with E-state index in [2.05, 4.69) is 5.32 Å². The predicted molar refractivity (Wildman–Crippen MR) is 75.3 cm³/mol. The molecule has 0 saturated carbocycles. The molecule has 0 bridgehead atoms. The summed E-state index contributed by atoms with van der Waals surface area (Å²) in [6.07, 6.45) is 1.22. The molecule has 0 atom stereocenters. The van der Waals surface area contributed by atoms with E-state index in [1.165, 1.54) is 0 Å². The van der Waals surface area contributed by atoms with Crippen molar-refractivity contribution < 1.29 is 9.53 Å². The Balaban J connectivity index is 2.34. The first-order valence-electron chi connectivity index (χ1n) is 5.78. The highest BCUT2D eigenvalue weighted by molar-refractivity contribution is 7.80. The molecule has 0 aliphatic heterocycles. The van der Waals surface area contributed by atoms with Crippen molar-refractivity contribution in [2.24, 2.45) is 5.73 Å². The van der Waals surface area contributed by atoms with Crippen molar-refractivity contribution in [3.63, 3.8) is 0 Å². The van der Waals surface area contributed by atoms with Gasteiger partial charge in [-0.05, 0) is 12.0 Å². The lowest BCUT2D eigenvalue weighted by Crippen LogP contribution is -2.22. The molecule has 0 heterocycles. The molecule has 5 heteroatoms. The van der Waals surface area contributed by atoms with Crippen LogP contribution in [0.3, 0.4) is 0 Å². The first-order valence-corrected chi connectivity index (χ1v) is 6.18. The minimum Gasteiger partial charge on any atom is -0.389 e. The SMILES string of the molecule is COCCCC(=O)NCc1ccc(C(N)=S)cc1. The number of thiocarbonyl (C=S) groups is 1. The van der Waals surface area contributed by atoms with Gasteiger partial charge < -0.3 is 15.8 Å². The largest absolute Gasteiger partial charge is 0.389 e. The van der Waals surface area contributed by atoms with Gasteiger partial charge in [-0.25, -0.2) is 0 Å². The molecule has 1 aromatic carbocycles. The quantitative estimate of drug-likeness (QED) is 0.578. The van der Waals surface area contributed by atoms with Crippen molar-refractivity contribution in [1.82, 2.24) is 5.32 Å². The van der Waals surface area contributed by atoms with E-state index in [0.717, 1.165) is 17.5 Å². The molecule has 18 heavy (non-hydrogen) atoms. The van der Waals surface area contributed by atoms with Gasteiger partial charge in [-0.1, -0.05) is 36.5 Å². The predicted octanol–water partition coefficient (Wildman–Crippen LogP) is 1.36. The van der Waals surface area contributed by atoms with E-state index in [1.54, 1.807) is 7.11 Å². The van der Waals surface area contributed by atoms with Crippen LogP contribution in [0.5, 0.6) is 0 Å². The number of ether oxygens (including phenoxy) is 1. The van der Waals surface area contributed by atoms with Gasteiger partial charge >= 0.3 is 0 Å². The fourth-order valence-electron chi connectivity index (χ4n) is 1.45. The van der Waals surface area contributed by atoms with Crippen LogP contribution in [-0.2, 0) is 16.1 Å². The van der Waals surface area contributed by atoms with Gasteiger partial charge in [0.15, 0.2) is 0 Å². The molecule has 1 aromatic rings. The Morgan fingerprint density at radius 3 is 2.61 bits per heavy atom. The Labute approximate surface area is 113 Å². The molecule has 0 saturated heterocycles. The molecule has 0 unspecified atom stereocenters. The number of hydrogen-bond donors (Lipinski definition) is 2. The lowest BCUT2D eigenvalue weighted by Gasteiger charge is -2.06. The van der Waals surface area contributed by atoms with E-state index < -0.39 is 0 Å². The molecule has 0 aromatic heterocycles. The average Bonchev–Trinajstić information content (AvgIpc) is 2.37. The van der Waals surface area contributed by atoms with Crippen LogP contribution in [-0.4, -0.2) is 24.6 Å². The molecule has 1 amide bonds. The summed E-state index contributed by atoms with van der Waals surface area (Å²) in [6.45, 7) is 1.12. The standard InChI is InChI=1S/C13H18N2O2S/c1-17-8-2-3-12(16)15-9-10-4-6-11(7-5-10)13(14)18/h4-7H,2-3,8-9H2,1H3,(H2,14,18)(H,15,16). The minimum atomic E-state index is 0.0328. The Hall–Kier alpha value is -1.46. The molecule has 98 valence electrons. The maximum absolute atomic E-state index is 11.5. The molecule has 0 aliphatic carbocycles. The van der Waals surface area contributed by atoms with Gasteiger partial charge in [0.05, 0.1) is 0 Å². The van der Waals surface area contributed by atoms with Gasteiger partial charge in [0.2, 0.25) is 5.91 Å². The Kier molecular flexibility index (Phi) is 6.32. The van der Waals surface area contributed by atoms with Crippen molar-refractivity contribution in [1.29, 1.82) is 0 Å². The summed E-state index contributed by atoms with van der Waals surface area (Å²) in [4.78, 5) is 11.8. The summed E-state index contributed by atoms with van der Waals surface area (Å²) in [5.41, 5.74) is 7.36. The number of carbonyl (C=O) groups is 1. The van der Waals surface area contributed by atoms with Gasteiger partial charge in [0, 0.05) is 32.2 Å². The van der Waals surface area contributed by atoms with Crippen molar-refractivity contribution in [3.8, 4) is 0 Å². The van der Waals surface area contributed by atoms with Crippen LogP contribution in [0.1, 0.15) is 24.0 Å². The Morgan fingerprint density at radius 2 is 2.06 bits per heavy atom. The van der Waals surface area contributed by atoms with E-state index in [0.29, 0.717) is 24.6 Å². The third-order valence-corrected chi connectivity index (χ3v) is 2.72. The highest BCUT2D eigenvalue weighted by Crippen LogP contribution is 2.04.